The summed E-state index contributed by atoms with van der Waals surface area (Å²) in [7, 11) is 1.55. The van der Waals surface area contributed by atoms with Crippen LogP contribution in [-0.4, -0.2) is 64.2 Å². The zero-order valence-corrected chi connectivity index (χ0v) is 21.6. The van der Waals surface area contributed by atoms with E-state index in [-0.39, 0.29) is 12.8 Å². The van der Waals surface area contributed by atoms with Gasteiger partial charge >= 0.3 is 11.8 Å². The van der Waals surface area contributed by atoms with Crippen LogP contribution < -0.4 is 26.6 Å². The van der Waals surface area contributed by atoms with Gasteiger partial charge in [-0.25, -0.2) is 9.59 Å². The van der Waals surface area contributed by atoms with Crippen molar-refractivity contribution in [2.45, 2.75) is 70.6 Å². The summed E-state index contributed by atoms with van der Waals surface area (Å²) in [6.07, 6.45) is -0.684. The maximum Gasteiger partial charge on any atom is 0.408 e. The van der Waals surface area contributed by atoms with Crippen molar-refractivity contribution in [1.29, 1.82) is 0 Å². The first-order valence-electron chi connectivity index (χ1n) is 11.9. The van der Waals surface area contributed by atoms with Crippen LogP contribution in [0.25, 0.3) is 0 Å². The van der Waals surface area contributed by atoms with Gasteiger partial charge in [-0.3, -0.25) is 19.1 Å². The molecule has 0 unspecified atom stereocenters. The maximum atomic E-state index is 13.3. The number of nitrogens with zero attached hydrogens (tertiary/aromatic N) is 1. The molecule has 0 radical (unpaired) electrons. The number of amides is 2. The fourth-order valence-corrected chi connectivity index (χ4v) is 3.96. The Hall–Kier alpha value is -3.64. The number of H-pyrrole nitrogens is 1. The molecule has 12 heteroatoms. The smallest absolute Gasteiger partial charge is 0.408 e. The summed E-state index contributed by atoms with van der Waals surface area (Å²) in [5.41, 5.74) is -0.837. The molecule has 2 heterocycles. The molecule has 202 valence electrons. The van der Waals surface area contributed by atoms with Gasteiger partial charge in [-0.15, -0.1) is 0 Å². The lowest BCUT2D eigenvalue weighted by Gasteiger charge is -2.25. The van der Waals surface area contributed by atoms with Gasteiger partial charge in [0.05, 0.1) is 19.8 Å². The summed E-state index contributed by atoms with van der Waals surface area (Å²) in [6.45, 7) is 6.29. The third kappa shape index (κ3) is 7.43. The van der Waals surface area contributed by atoms with Gasteiger partial charge in [0, 0.05) is 24.6 Å². The van der Waals surface area contributed by atoms with Crippen molar-refractivity contribution >= 4 is 12.0 Å². The van der Waals surface area contributed by atoms with Crippen molar-refractivity contribution < 1.29 is 28.9 Å². The highest BCUT2D eigenvalue weighted by Crippen LogP contribution is 2.27. The number of aromatic amines is 1. The summed E-state index contributed by atoms with van der Waals surface area (Å²) in [5, 5.41) is 15.3. The quantitative estimate of drug-likeness (QED) is 0.398. The molecule has 1 aromatic carbocycles. The van der Waals surface area contributed by atoms with Crippen LogP contribution in [0.1, 0.15) is 44.5 Å². The first-order valence-corrected chi connectivity index (χ1v) is 11.9. The second-order valence-electron chi connectivity index (χ2n) is 9.89. The number of alkyl carbamates (subject to hydrolysis) is 1. The highest BCUT2D eigenvalue weighted by atomic mass is 16.6. The number of carbonyl (C=O) groups is 2. The van der Waals surface area contributed by atoms with E-state index in [2.05, 4.69) is 15.6 Å². The molecule has 3 rings (SSSR count). The van der Waals surface area contributed by atoms with Crippen molar-refractivity contribution in [3.63, 3.8) is 0 Å². The predicted molar refractivity (Wildman–Crippen MR) is 133 cm³/mol. The largest absolute Gasteiger partial charge is 0.497 e. The Morgan fingerprint density at radius 1 is 1.24 bits per heavy atom. The number of ether oxygens (including phenoxy) is 3. The van der Waals surface area contributed by atoms with Crippen LogP contribution in [0.3, 0.4) is 0 Å². The van der Waals surface area contributed by atoms with E-state index in [9.17, 15) is 24.3 Å². The van der Waals surface area contributed by atoms with Gasteiger partial charge in [0.1, 0.15) is 29.7 Å². The minimum atomic E-state index is -1.00. The average molecular weight is 519 g/mol. The van der Waals surface area contributed by atoms with Gasteiger partial charge in [-0.2, -0.15) is 0 Å². The van der Waals surface area contributed by atoms with Crippen LogP contribution >= 0.6 is 0 Å². The highest BCUT2D eigenvalue weighted by molar-refractivity contribution is 5.86. The van der Waals surface area contributed by atoms with Crippen molar-refractivity contribution in [2.24, 2.45) is 0 Å². The lowest BCUT2D eigenvalue weighted by molar-refractivity contribution is -0.124. The molecule has 2 amide bonds. The number of carbonyl (C=O) groups excluding carboxylic acids is 2. The maximum absolute atomic E-state index is 13.3. The highest BCUT2D eigenvalue weighted by Gasteiger charge is 2.38. The average Bonchev–Trinajstić information content (AvgIpc) is 3.22. The second kappa shape index (κ2) is 11.6. The summed E-state index contributed by atoms with van der Waals surface area (Å²) >= 11 is 0. The number of aromatic nitrogens is 2. The van der Waals surface area contributed by atoms with E-state index in [1.54, 1.807) is 59.1 Å². The van der Waals surface area contributed by atoms with Crippen LogP contribution in [0.15, 0.2) is 40.1 Å². The van der Waals surface area contributed by atoms with Crippen molar-refractivity contribution in [3.05, 3.63) is 62.4 Å². The molecular weight excluding hydrogens is 484 g/mol. The summed E-state index contributed by atoms with van der Waals surface area (Å²) in [5.74, 6) is 0.136. The molecule has 37 heavy (non-hydrogen) atoms. The number of benzene rings is 1. The Labute approximate surface area is 213 Å². The molecule has 2 aromatic rings. The zero-order chi connectivity index (χ0) is 27.3. The molecule has 0 spiro atoms. The van der Waals surface area contributed by atoms with Crippen LogP contribution in [0.5, 0.6) is 5.75 Å². The minimum absolute atomic E-state index is 0.157. The number of hydrogen-bond acceptors (Lipinski definition) is 8. The Bertz CT molecular complexity index is 1210. The fraction of sp³-hybridized carbons (Fsp3) is 0.520. The van der Waals surface area contributed by atoms with Crippen molar-refractivity contribution in [1.82, 2.24) is 20.2 Å². The van der Waals surface area contributed by atoms with Crippen LogP contribution in [-0.2, 0) is 20.7 Å². The van der Waals surface area contributed by atoms with E-state index < -0.39 is 59.9 Å². The summed E-state index contributed by atoms with van der Waals surface area (Å²) in [6, 6.07) is 5.40. The third-order valence-corrected chi connectivity index (χ3v) is 5.81. The van der Waals surface area contributed by atoms with E-state index >= 15 is 0 Å². The fourth-order valence-electron chi connectivity index (χ4n) is 3.96. The molecule has 1 fully saturated rings. The van der Waals surface area contributed by atoms with E-state index in [1.807, 2.05) is 0 Å². The van der Waals surface area contributed by atoms with Gasteiger partial charge in [-0.1, -0.05) is 12.1 Å². The molecule has 4 atom stereocenters. The first-order chi connectivity index (χ1) is 17.4. The van der Waals surface area contributed by atoms with Crippen LogP contribution in [0, 0.1) is 6.92 Å². The van der Waals surface area contributed by atoms with E-state index in [4.69, 9.17) is 14.2 Å². The number of aliphatic hydroxyl groups is 1. The molecule has 0 saturated carbocycles. The molecular formula is C25H34N4O8. The number of aliphatic hydroxyl groups excluding tert-OH is 1. The molecule has 0 bridgehead atoms. The van der Waals surface area contributed by atoms with E-state index in [1.165, 1.54) is 10.8 Å². The number of rotatable bonds is 8. The van der Waals surface area contributed by atoms with Gasteiger partial charge < -0.3 is 30.0 Å². The molecule has 1 aliphatic heterocycles. The molecule has 4 N–H and O–H groups in total. The molecule has 0 aliphatic carbocycles. The number of aryl methyl sites for hydroxylation is 1. The molecule has 1 aromatic heterocycles. The van der Waals surface area contributed by atoms with E-state index in [0.717, 1.165) is 5.56 Å². The SMILES string of the molecule is COc1ccc(C[C@H](NC(=O)OC(C)(C)C)C(=O)N[C@H]2C[C@@H](n3cc(C)c(=O)[nH]c3=O)O[C@@H]2CO)cc1. The number of hydrogen-bond donors (Lipinski definition) is 4. The van der Waals surface area contributed by atoms with Crippen LogP contribution in [0.4, 0.5) is 4.79 Å². The Morgan fingerprint density at radius 3 is 2.51 bits per heavy atom. The Kier molecular flexibility index (Phi) is 8.77. The number of methoxy groups -OCH3 is 1. The number of nitrogens with one attached hydrogen (secondary N) is 3. The van der Waals surface area contributed by atoms with Gasteiger partial charge in [0.2, 0.25) is 5.91 Å². The normalized spacial score (nSPS) is 20.2. The Morgan fingerprint density at radius 2 is 1.92 bits per heavy atom. The lowest BCUT2D eigenvalue weighted by atomic mass is 10.0. The van der Waals surface area contributed by atoms with E-state index in [0.29, 0.717) is 11.3 Å². The van der Waals surface area contributed by atoms with Gasteiger partial charge in [0.25, 0.3) is 5.56 Å². The summed E-state index contributed by atoms with van der Waals surface area (Å²) < 4.78 is 17.5. The predicted octanol–water partition coefficient (Wildman–Crippen LogP) is 0.754. The monoisotopic (exact) mass is 518 g/mol. The zero-order valence-electron chi connectivity index (χ0n) is 21.6. The first kappa shape index (κ1) is 27.9. The van der Waals surface area contributed by atoms with Crippen molar-refractivity contribution in [2.75, 3.05) is 13.7 Å². The topological polar surface area (TPSA) is 161 Å². The van der Waals surface area contributed by atoms with Crippen LogP contribution in [0.2, 0.25) is 0 Å². The lowest BCUT2D eigenvalue weighted by Crippen LogP contribution is -2.53. The third-order valence-electron chi connectivity index (χ3n) is 5.81. The summed E-state index contributed by atoms with van der Waals surface area (Å²) in [4.78, 5) is 52.1. The van der Waals surface area contributed by atoms with Crippen molar-refractivity contribution in [3.8, 4) is 5.75 Å². The van der Waals surface area contributed by atoms with Gasteiger partial charge in [-0.05, 0) is 45.4 Å². The molecule has 1 saturated heterocycles. The Balaban J connectivity index is 1.78. The molecule has 12 nitrogen and oxygen atoms in total. The minimum Gasteiger partial charge on any atom is -0.497 e. The molecule has 1 aliphatic rings. The standard InChI is InChI=1S/C25H34N4O8/c1-14-12-29(23(33)28-21(14)31)20-11-17(19(13-30)36-20)26-22(32)18(27-24(34)37-25(2,3)4)10-15-6-8-16(35-5)9-7-15/h6-9,12,17-20,30H,10-11,13H2,1-5H3,(H,26,32)(H,27,34)(H,28,31,33)/t17-,18-,19+,20-/m0/s1. The second-order valence-corrected chi connectivity index (χ2v) is 9.89. The van der Waals surface area contributed by atoms with Gasteiger partial charge in [0.15, 0.2) is 0 Å².